The van der Waals surface area contributed by atoms with Crippen molar-refractivity contribution in [2.45, 2.75) is 0 Å². The van der Waals surface area contributed by atoms with Gasteiger partial charge in [-0.15, -0.1) is 0 Å². The van der Waals surface area contributed by atoms with Gasteiger partial charge in [-0.05, 0) is 29.8 Å². The summed E-state index contributed by atoms with van der Waals surface area (Å²) in [5, 5.41) is 14.4. The number of benzene rings is 3. The zero-order valence-electron chi connectivity index (χ0n) is 14.1. The lowest BCUT2D eigenvalue weighted by atomic mass is 10.0. The highest BCUT2D eigenvalue weighted by atomic mass is 16.5. The van der Waals surface area contributed by atoms with Gasteiger partial charge in [0.15, 0.2) is 5.69 Å². The quantitative estimate of drug-likeness (QED) is 0.581. The molecule has 0 aliphatic rings. The van der Waals surface area contributed by atoms with Crippen LogP contribution >= 0.6 is 0 Å². The number of nitrogens with zero attached hydrogens (tertiary/aromatic N) is 2. The van der Waals surface area contributed by atoms with Gasteiger partial charge in [0.2, 0.25) is 0 Å². The molecule has 1 heterocycles. The third-order valence-electron chi connectivity index (χ3n) is 4.21. The van der Waals surface area contributed by atoms with Crippen molar-refractivity contribution >= 4 is 16.9 Å². The van der Waals surface area contributed by atoms with Gasteiger partial charge >= 0.3 is 5.97 Å². The SMILES string of the molecule is Cn1nc2c(-c3ccc(Oc4ccccc4)cc3)cccc2c1C(=O)O. The van der Waals surface area contributed by atoms with Crippen LogP contribution in [0.15, 0.2) is 72.8 Å². The number of ether oxygens (including phenoxy) is 1. The average molecular weight is 344 g/mol. The molecule has 0 bridgehead atoms. The Labute approximate surface area is 150 Å². The van der Waals surface area contributed by atoms with Gasteiger partial charge < -0.3 is 9.84 Å². The highest BCUT2D eigenvalue weighted by Crippen LogP contribution is 2.31. The zero-order chi connectivity index (χ0) is 18.1. The van der Waals surface area contributed by atoms with E-state index in [-0.39, 0.29) is 5.69 Å². The summed E-state index contributed by atoms with van der Waals surface area (Å²) >= 11 is 0. The molecule has 0 aliphatic carbocycles. The fourth-order valence-electron chi connectivity index (χ4n) is 3.03. The maximum atomic E-state index is 11.5. The molecule has 128 valence electrons. The lowest BCUT2D eigenvalue weighted by Crippen LogP contribution is -2.05. The predicted molar refractivity (Wildman–Crippen MR) is 99.6 cm³/mol. The number of rotatable bonds is 4. The highest BCUT2D eigenvalue weighted by Gasteiger charge is 2.18. The van der Waals surface area contributed by atoms with Crippen LogP contribution in [0.2, 0.25) is 0 Å². The van der Waals surface area contributed by atoms with Crippen LogP contribution in [0.5, 0.6) is 11.5 Å². The number of aryl methyl sites for hydroxylation is 1. The number of aromatic carboxylic acids is 1. The molecular weight excluding hydrogens is 328 g/mol. The van der Waals surface area contributed by atoms with Crippen molar-refractivity contribution in [3.63, 3.8) is 0 Å². The average Bonchev–Trinajstić information content (AvgIpc) is 2.99. The second-order valence-electron chi connectivity index (χ2n) is 5.92. The van der Waals surface area contributed by atoms with Crippen molar-refractivity contribution in [1.82, 2.24) is 9.78 Å². The molecule has 0 fully saturated rings. The van der Waals surface area contributed by atoms with Crippen molar-refractivity contribution < 1.29 is 14.6 Å². The Hall–Kier alpha value is -3.60. The molecule has 26 heavy (non-hydrogen) atoms. The normalized spacial score (nSPS) is 10.8. The van der Waals surface area contributed by atoms with Crippen molar-refractivity contribution in [3.8, 4) is 22.6 Å². The molecule has 0 amide bonds. The first-order valence-corrected chi connectivity index (χ1v) is 8.16. The van der Waals surface area contributed by atoms with Gasteiger partial charge in [0.05, 0.1) is 0 Å². The molecule has 1 aromatic heterocycles. The first-order chi connectivity index (χ1) is 12.6. The van der Waals surface area contributed by atoms with Crippen LogP contribution < -0.4 is 4.74 Å². The molecule has 1 N–H and O–H groups in total. The van der Waals surface area contributed by atoms with E-state index in [0.29, 0.717) is 10.9 Å². The molecule has 0 spiro atoms. The molecule has 3 aromatic carbocycles. The lowest BCUT2D eigenvalue weighted by molar-refractivity contribution is 0.0687. The third-order valence-corrected chi connectivity index (χ3v) is 4.21. The molecule has 4 rings (SSSR count). The molecule has 0 atom stereocenters. The highest BCUT2D eigenvalue weighted by molar-refractivity contribution is 6.05. The van der Waals surface area contributed by atoms with Crippen molar-refractivity contribution in [3.05, 3.63) is 78.5 Å². The van der Waals surface area contributed by atoms with Gasteiger partial charge in [-0.2, -0.15) is 5.10 Å². The Morgan fingerprint density at radius 2 is 1.62 bits per heavy atom. The summed E-state index contributed by atoms with van der Waals surface area (Å²) in [6, 6.07) is 22.8. The summed E-state index contributed by atoms with van der Waals surface area (Å²) in [4.78, 5) is 11.5. The van der Waals surface area contributed by atoms with E-state index < -0.39 is 5.97 Å². The number of hydrogen-bond donors (Lipinski definition) is 1. The van der Waals surface area contributed by atoms with Crippen molar-refractivity contribution in [1.29, 1.82) is 0 Å². The van der Waals surface area contributed by atoms with E-state index in [9.17, 15) is 9.90 Å². The van der Waals surface area contributed by atoms with Gasteiger partial charge in [-0.1, -0.05) is 48.5 Å². The summed E-state index contributed by atoms with van der Waals surface area (Å²) in [6.45, 7) is 0. The summed E-state index contributed by atoms with van der Waals surface area (Å²) in [6.07, 6.45) is 0. The number of carboxylic acid groups (broad SMARTS) is 1. The minimum Gasteiger partial charge on any atom is -0.477 e. The molecular formula is C21H16N2O3. The van der Waals surface area contributed by atoms with Crippen LogP contribution in [-0.4, -0.2) is 20.9 Å². The zero-order valence-corrected chi connectivity index (χ0v) is 14.1. The molecule has 0 aliphatic heterocycles. The standard InChI is InChI=1S/C21H16N2O3/c1-23-20(21(24)25)18-9-5-8-17(19(18)22-23)14-10-12-16(13-11-14)26-15-6-3-2-4-7-15/h2-13H,1H3,(H,24,25). The van der Waals surface area contributed by atoms with Gasteiger partial charge in [0.25, 0.3) is 0 Å². The van der Waals surface area contributed by atoms with Gasteiger partial charge in [-0.3, -0.25) is 4.68 Å². The lowest BCUT2D eigenvalue weighted by Gasteiger charge is -2.07. The second-order valence-corrected chi connectivity index (χ2v) is 5.92. The fourth-order valence-corrected chi connectivity index (χ4v) is 3.03. The number of carbonyl (C=O) groups is 1. The molecule has 4 aromatic rings. The third kappa shape index (κ3) is 2.80. The molecule has 5 heteroatoms. The Morgan fingerprint density at radius 1 is 0.923 bits per heavy atom. The maximum Gasteiger partial charge on any atom is 0.354 e. The fraction of sp³-hybridized carbons (Fsp3) is 0.0476. The Kier molecular flexibility index (Phi) is 3.89. The summed E-state index contributed by atoms with van der Waals surface area (Å²) in [5.41, 5.74) is 2.69. The monoisotopic (exact) mass is 344 g/mol. The van der Waals surface area contributed by atoms with Crippen LogP contribution in [0.3, 0.4) is 0 Å². The summed E-state index contributed by atoms with van der Waals surface area (Å²) in [5.74, 6) is 0.524. The van der Waals surface area contributed by atoms with Gasteiger partial charge in [0.1, 0.15) is 17.0 Å². The Balaban J connectivity index is 1.72. The predicted octanol–water partition coefficient (Wildman–Crippen LogP) is 4.73. The topological polar surface area (TPSA) is 64.4 Å². The van der Waals surface area contributed by atoms with Crippen molar-refractivity contribution in [2.75, 3.05) is 0 Å². The largest absolute Gasteiger partial charge is 0.477 e. The van der Waals surface area contributed by atoms with Crippen LogP contribution in [0.1, 0.15) is 10.5 Å². The van der Waals surface area contributed by atoms with Gasteiger partial charge in [0, 0.05) is 18.0 Å². The van der Waals surface area contributed by atoms with E-state index in [2.05, 4.69) is 5.10 Å². The number of aromatic nitrogens is 2. The minimum absolute atomic E-state index is 0.186. The summed E-state index contributed by atoms with van der Waals surface area (Å²) in [7, 11) is 1.64. The molecule has 5 nitrogen and oxygen atoms in total. The van der Waals surface area contributed by atoms with E-state index in [4.69, 9.17) is 4.74 Å². The van der Waals surface area contributed by atoms with Crippen LogP contribution in [-0.2, 0) is 7.05 Å². The maximum absolute atomic E-state index is 11.5. The molecule has 0 saturated carbocycles. The number of fused-ring (bicyclic) bond motifs is 1. The van der Waals surface area contributed by atoms with Gasteiger partial charge in [-0.25, -0.2) is 4.79 Å². The summed E-state index contributed by atoms with van der Waals surface area (Å²) < 4.78 is 7.22. The Bertz CT molecular complexity index is 1080. The van der Waals surface area contributed by atoms with Crippen LogP contribution in [0.25, 0.3) is 22.0 Å². The van der Waals surface area contributed by atoms with Crippen LogP contribution in [0, 0.1) is 0 Å². The number of para-hydroxylation sites is 1. The van der Waals surface area contributed by atoms with E-state index >= 15 is 0 Å². The van der Waals surface area contributed by atoms with E-state index in [1.165, 1.54) is 4.68 Å². The smallest absolute Gasteiger partial charge is 0.354 e. The first kappa shape index (κ1) is 15.9. The van der Waals surface area contributed by atoms with E-state index in [0.717, 1.165) is 22.6 Å². The molecule has 0 saturated heterocycles. The molecule has 0 radical (unpaired) electrons. The first-order valence-electron chi connectivity index (χ1n) is 8.16. The Morgan fingerprint density at radius 3 is 2.31 bits per heavy atom. The van der Waals surface area contributed by atoms with Crippen molar-refractivity contribution in [2.24, 2.45) is 7.05 Å². The van der Waals surface area contributed by atoms with E-state index in [1.54, 1.807) is 13.1 Å². The number of carboxylic acids is 1. The minimum atomic E-state index is -0.987. The second kappa shape index (κ2) is 6.37. The van der Waals surface area contributed by atoms with E-state index in [1.807, 2.05) is 66.7 Å². The van der Waals surface area contributed by atoms with Crippen LogP contribution in [0.4, 0.5) is 0 Å². The number of hydrogen-bond acceptors (Lipinski definition) is 3. The molecule has 0 unspecified atom stereocenters.